The second-order valence-corrected chi connectivity index (χ2v) is 6.62. The van der Waals surface area contributed by atoms with Crippen molar-refractivity contribution in [2.45, 2.75) is 26.1 Å². The first kappa shape index (κ1) is 25.3. The molecular weight excluding hydrogens is 520 g/mol. The molecule has 0 spiro atoms. The second kappa shape index (κ2) is 12.1. The lowest BCUT2D eigenvalue weighted by atomic mass is 10.2. The Bertz CT molecular complexity index is 800. The molecule has 0 amide bonds. The average Bonchev–Trinajstić information content (AvgIpc) is 3.15. The number of guanidine groups is 1. The smallest absolute Gasteiger partial charge is 0.434 e. The van der Waals surface area contributed by atoms with E-state index >= 15 is 0 Å². The van der Waals surface area contributed by atoms with Crippen LogP contribution in [0.25, 0.3) is 0 Å². The van der Waals surface area contributed by atoms with Crippen molar-refractivity contribution in [3.63, 3.8) is 0 Å². The van der Waals surface area contributed by atoms with Crippen LogP contribution in [0, 0.1) is 0 Å². The Morgan fingerprint density at radius 2 is 1.97 bits per heavy atom. The molecule has 0 aliphatic rings. The maximum atomic E-state index is 12.6. The van der Waals surface area contributed by atoms with E-state index in [0.717, 1.165) is 22.3 Å². The van der Waals surface area contributed by atoms with E-state index in [-0.39, 0.29) is 24.0 Å². The molecule has 0 atom stereocenters. The lowest BCUT2D eigenvalue weighted by Gasteiger charge is -2.12. The monoisotopic (exact) mass is 544 g/mol. The molecule has 0 saturated carbocycles. The quantitative estimate of drug-likeness (QED) is 0.298. The molecule has 0 bridgehead atoms. The SMILES string of the molecule is CCNC(=NCc1ccc(OC)cc1OC)NCCc1nc(C(F)(F)F)cs1.I. The Morgan fingerprint density at radius 3 is 2.55 bits per heavy atom. The molecule has 0 radical (unpaired) electrons. The summed E-state index contributed by atoms with van der Waals surface area (Å²) in [6.07, 6.45) is -4.03. The summed E-state index contributed by atoms with van der Waals surface area (Å²) in [5.41, 5.74) is 0.0370. The summed E-state index contributed by atoms with van der Waals surface area (Å²) in [6.45, 7) is 3.37. The summed E-state index contributed by atoms with van der Waals surface area (Å²) < 4.78 is 48.4. The molecular formula is C18H24F3IN4O2S. The average molecular weight is 544 g/mol. The number of nitrogens with one attached hydrogen (secondary N) is 2. The lowest BCUT2D eigenvalue weighted by Crippen LogP contribution is -2.38. The van der Waals surface area contributed by atoms with Crippen molar-refractivity contribution in [3.8, 4) is 11.5 Å². The van der Waals surface area contributed by atoms with Crippen LogP contribution in [0.3, 0.4) is 0 Å². The van der Waals surface area contributed by atoms with Crippen LogP contribution in [0.5, 0.6) is 11.5 Å². The summed E-state index contributed by atoms with van der Waals surface area (Å²) in [4.78, 5) is 8.12. The van der Waals surface area contributed by atoms with Gasteiger partial charge in [-0.1, -0.05) is 0 Å². The number of ether oxygens (including phenoxy) is 2. The van der Waals surface area contributed by atoms with Crippen LogP contribution >= 0.6 is 35.3 Å². The summed E-state index contributed by atoms with van der Waals surface area (Å²) in [5.74, 6) is 1.92. The number of benzene rings is 1. The lowest BCUT2D eigenvalue weighted by molar-refractivity contribution is -0.140. The van der Waals surface area contributed by atoms with Crippen LogP contribution in [-0.4, -0.2) is 38.3 Å². The summed E-state index contributed by atoms with van der Waals surface area (Å²) in [6, 6.07) is 5.49. The zero-order chi connectivity index (χ0) is 20.6. The van der Waals surface area contributed by atoms with Gasteiger partial charge in [-0.3, -0.25) is 0 Å². The van der Waals surface area contributed by atoms with Crippen molar-refractivity contribution in [1.29, 1.82) is 0 Å². The number of hydrogen-bond donors (Lipinski definition) is 2. The maximum absolute atomic E-state index is 12.6. The number of halogens is 4. The van der Waals surface area contributed by atoms with Gasteiger partial charge in [-0.05, 0) is 19.1 Å². The molecule has 0 aliphatic carbocycles. The minimum Gasteiger partial charge on any atom is -0.497 e. The number of aliphatic imine (C=N–C) groups is 1. The van der Waals surface area contributed by atoms with Crippen molar-refractivity contribution in [2.24, 2.45) is 4.99 Å². The first-order chi connectivity index (χ1) is 13.4. The van der Waals surface area contributed by atoms with Gasteiger partial charge in [0.1, 0.15) is 11.5 Å². The van der Waals surface area contributed by atoms with Crippen LogP contribution in [0.15, 0.2) is 28.6 Å². The molecule has 1 aromatic carbocycles. The molecule has 162 valence electrons. The minimum atomic E-state index is -4.41. The molecule has 0 saturated heterocycles. The Hall–Kier alpha value is -1.76. The van der Waals surface area contributed by atoms with E-state index in [2.05, 4.69) is 20.6 Å². The molecule has 1 heterocycles. The van der Waals surface area contributed by atoms with Gasteiger partial charge in [0.15, 0.2) is 11.7 Å². The van der Waals surface area contributed by atoms with E-state index in [9.17, 15) is 13.2 Å². The van der Waals surface area contributed by atoms with Gasteiger partial charge in [0.2, 0.25) is 0 Å². The summed E-state index contributed by atoms with van der Waals surface area (Å²) >= 11 is 1.00. The molecule has 2 N–H and O–H groups in total. The number of hydrogen-bond acceptors (Lipinski definition) is 5. The zero-order valence-corrected chi connectivity index (χ0v) is 19.4. The van der Waals surface area contributed by atoms with Crippen LogP contribution in [0.2, 0.25) is 0 Å². The third kappa shape index (κ3) is 7.88. The highest BCUT2D eigenvalue weighted by molar-refractivity contribution is 14.0. The highest BCUT2D eigenvalue weighted by Gasteiger charge is 2.33. The predicted molar refractivity (Wildman–Crippen MR) is 119 cm³/mol. The Morgan fingerprint density at radius 1 is 1.21 bits per heavy atom. The van der Waals surface area contributed by atoms with Crippen molar-refractivity contribution >= 4 is 41.3 Å². The Kier molecular flexibility index (Phi) is 10.5. The van der Waals surface area contributed by atoms with E-state index < -0.39 is 11.9 Å². The van der Waals surface area contributed by atoms with Crippen molar-refractivity contribution in [3.05, 3.63) is 39.8 Å². The summed E-state index contributed by atoms with van der Waals surface area (Å²) in [7, 11) is 3.16. The molecule has 29 heavy (non-hydrogen) atoms. The third-order valence-corrected chi connectivity index (χ3v) is 4.63. The fraction of sp³-hybridized carbons (Fsp3) is 0.444. The predicted octanol–water partition coefficient (Wildman–Crippen LogP) is 4.09. The van der Waals surface area contributed by atoms with Gasteiger partial charge in [0.05, 0.1) is 25.8 Å². The molecule has 2 aromatic rings. The minimum absolute atomic E-state index is 0. The van der Waals surface area contributed by atoms with E-state index in [0.29, 0.717) is 48.5 Å². The van der Waals surface area contributed by atoms with Crippen LogP contribution in [-0.2, 0) is 19.1 Å². The maximum Gasteiger partial charge on any atom is 0.434 e. The Balaban J connectivity index is 0.00000420. The number of alkyl halides is 3. The first-order valence-corrected chi connectivity index (χ1v) is 9.50. The molecule has 2 rings (SSSR count). The topological polar surface area (TPSA) is 67.8 Å². The number of nitrogens with zero attached hydrogens (tertiary/aromatic N) is 2. The number of thiazole rings is 1. The molecule has 1 aromatic heterocycles. The van der Waals surface area contributed by atoms with Gasteiger partial charge in [-0.2, -0.15) is 13.2 Å². The molecule has 0 fully saturated rings. The van der Waals surface area contributed by atoms with Crippen molar-refractivity contribution in [1.82, 2.24) is 15.6 Å². The number of rotatable bonds is 8. The highest BCUT2D eigenvalue weighted by atomic mass is 127. The fourth-order valence-corrected chi connectivity index (χ4v) is 3.14. The van der Waals surface area contributed by atoms with Gasteiger partial charge in [0, 0.05) is 36.5 Å². The van der Waals surface area contributed by atoms with Gasteiger partial charge in [-0.25, -0.2) is 9.98 Å². The number of methoxy groups -OCH3 is 2. The van der Waals surface area contributed by atoms with Gasteiger partial charge in [-0.15, -0.1) is 35.3 Å². The Labute approximate surface area is 188 Å². The molecule has 11 heteroatoms. The fourth-order valence-electron chi connectivity index (χ4n) is 2.33. The van der Waals surface area contributed by atoms with Gasteiger partial charge >= 0.3 is 6.18 Å². The van der Waals surface area contributed by atoms with Crippen molar-refractivity contribution < 1.29 is 22.6 Å². The van der Waals surface area contributed by atoms with Crippen molar-refractivity contribution in [2.75, 3.05) is 27.3 Å². The van der Waals surface area contributed by atoms with Crippen LogP contribution in [0.4, 0.5) is 13.2 Å². The molecule has 0 unspecified atom stereocenters. The van der Waals surface area contributed by atoms with Gasteiger partial charge in [0.25, 0.3) is 0 Å². The third-order valence-electron chi connectivity index (χ3n) is 3.72. The molecule has 0 aliphatic heterocycles. The highest BCUT2D eigenvalue weighted by Crippen LogP contribution is 2.30. The second-order valence-electron chi connectivity index (χ2n) is 5.67. The van der Waals surface area contributed by atoms with Crippen LogP contribution in [0.1, 0.15) is 23.2 Å². The van der Waals surface area contributed by atoms with Crippen LogP contribution < -0.4 is 20.1 Å². The summed E-state index contributed by atoms with van der Waals surface area (Å²) in [5, 5.41) is 7.67. The zero-order valence-electron chi connectivity index (χ0n) is 16.3. The van der Waals surface area contributed by atoms with E-state index in [4.69, 9.17) is 9.47 Å². The largest absolute Gasteiger partial charge is 0.497 e. The first-order valence-electron chi connectivity index (χ1n) is 8.62. The van der Waals surface area contributed by atoms with Gasteiger partial charge < -0.3 is 20.1 Å². The normalized spacial score (nSPS) is 11.6. The standard InChI is InChI=1S/C18H23F3N4O2S.HI/c1-4-22-17(23-8-7-16-25-15(11-28-16)18(19,20)21)24-10-12-5-6-13(26-2)9-14(12)27-3;/h5-6,9,11H,4,7-8,10H2,1-3H3,(H2,22,23,24);1H. The van der Waals surface area contributed by atoms with E-state index in [1.54, 1.807) is 20.3 Å². The van der Waals surface area contributed by atoms with E-state index in [1.807, 2.05) is 19.1 Å². The number of aromatic nitrogens is 1. The molecule has 6 nitrogen and oxygen atoms in total. The van der Waals surface area contributed by atoms with E-state index in [1.165, 1.54) is 0 Å².